The third-order valence-corrected chi connectivity index (χ3v) is 4.20. The van der Waals surface area contributed by atoms with E-state index in [2.05, 4.69) is 15.0 Å². The molecule has 3 rings (SSSR count). The molecule has 3 heterocycles. The Morgan fingerprint density at radius 1 is 1.21 bits per heavy atom. The molecule has 0 bridgehead atoms. The second-order valence-electron chi connectivity index (χ2n) is 5.80. The molecule has 2 aromatic rings. The van der Waals surface area contributed by atoms with Crippen LogP contribution in [-0.4, -0.2) is 66.3 Å². The number of anilines is 1. The number of imidazole rings is 1. The van der Waals surface area contributed by atoms with E-state index in [1.807, 2.05) is 0 Å². The van der Waals surface area contributed by atoms with E-state index in [1.165, 1.54) is 6.33 Å². The number of hydrogen-bond donors (Lipinski definition) is 5. The molecule has 0 aliphatic carbocycles. The molecule has 0 saturated carbocycles. The van der Waals surface area contributed by atoms with Crippen molar-refractivity contribution in [1.29, 1.82) is 0 Å². The molecule has 1 fully saturated rings. The molecule has 0 spiro atoms. The normalized spacial score (nSPS) is 27.2. The topological polar surface area (TPSA) is 166 Å². The van der Waals surface area contributed by atoms with Crippen LogP contribution in [0.2, 0.25) is 0 Å². The second-order valence-corrected chi connectivity index (χ2v) is 5.80. The lowest BCUT2D eigenvalue weighted by Gasteiger charge is -2.19. The summed E-state index contributed by atoms with van der Waals surface area (Å²) >= 11 is 0. The average molecular weight is 338 g/mol. The number of nitrogens with two attached hydrogens (primary N) is 2. The zero-order chi connectivity index (χ0) is 17.3. The Morgan fingerprint density at radius 2 is 2.00 bits per heavy atom. The van der Waals surface area contributed by atoms with Crippen LogP contribution in [0, 0.1) is 0 Å². The molecule has 1 aliphatic heterocycles. The fourth-order valence-corrected chi connectivity index (χ4v) is 2.94. The molecule has 0 radical (unpaired) electrons. The van der Waals surface area contributed by atoms with Crippen LogP contribution in [0.1, 0.15) is 24.9 Å². The Hall–Kier alpha value is -1.85. The highest BCUT2D eigenvalue weighted by molar-refractivity contribution is 5.81. The number of aliphatic hydroxyl groups is 3. The quantitative estimate of drug-likeness (QED) is 0.386. The van der Waals surface area contributed by atoms with Gasteiger partial charge in [0.2, 0.25) is 0 Å². The molecular weight excluding hydrogens is 316 g/mol. The van der Waals surface area contributed by atoms with E-state index in [9.17, 15) is 15.3 Å². The summed E-state index contributed by atoms with van der Waals surface area (Å²) in [6.07, 6.45) is -0.705. The third-order valence-electron chi connectivity index (χ3n) is 4.20. The summed E-state index contributed by atoms with van der Waals surface area (Å²) in [5, 5.41) is 29.6. The minimum Gasteiger partial charge on any atom is -0.394 e. The minimum atomic E-state index is -1.22. The lowest BCUT2D eigenvalue weighted by molar-refractivity contribution is -0.0522. The fraction of sp³-hybridized carbons (Fsp3) is 0.643. The smallest absolute Gasteiger partial charge is 0.167 e. The first kappa shape index (κ1) is 17.0. The highest BCUT2D eigenvalue weighted by Crippen LogP contribution is 2.33. The van der Waals surface area contributed by atoms with E-state index in [0.717, 1.165) is 12.8 Å². The predicted molar refractivity (Wildman–Crippen MR) is 84.7 cm³/mol. The van der Waals surface area contributed by atoms with Gasteiger partial charge >= 0.3 is 0 Å². The minimum absolute atomic E-state index is 0.227. The third kappa shape index (κ3) is 2.82. The van der Waals surface area contributed by atoms with Gasteiger partial charge in [0, 0.05) is 6.42 Å². The van der Waals surface area contributed by atoms with Gasteiger partial charge in [0.1, 0.15) is 30.5 Å². The molecule has 7 N–H and O–H groups in total. The van der Waals surface area contributed by atoms with Gasteiger partial charge in [-0.1, -0.05) is 0 Å². The summed E-state index contributed by atoms with van der Waals surface area (Å²) in [7, 11) is 0. The van der Waals surface area contributed by atoms with Gasteiger partial charge in [-0.3, -0.25) is 4.57 Å². The second kappa shape index (κ2) is 6.95. The highest BCUT2D eigenvalue weighted by atomic mass is 16.6. The number of aliphatic hydroxyl groups excluding tert-OH is 3. The zero-order valence-electron chi connectivity index (χ0n) is 13.1. The van der Waals surface area contributed by atoms with Gasteiger partial charge in [-0.15, -0.1) is 0 Å². The van der Waals surface area contributed by atoms with Gasteiger partial charge in [0.25, 0.3) is 0 Å². The van der Waals surface area contributed by atoms with Crippen LogP contribution in [0.5, 0.6) is 0 Å². The zero-order valence-corrected chi connectivity index (χ0v) is 13.1. The Bertz CT molecular complexity index is 708. The molecule has 2 aromatic heterocycles. The Kier molecular flexibility index (Phi) is 4.92. The van der Waals surface area contributed by atoms with Crippen LogP contribution in [0.4, 0.5) is 5.82 Å². The number of aromatic nitrogens is 4. The maximum atomic E-state index is 10.3. The van der Waals surface area contributed by atoms with Crippen LogP contribution < -0.4 is 11.5 Å². The van der Waals surface area contributed by atoms with Crippen molar-refractivity contribution in [3.05, 3.63) is 12.2 Å². The van der Waals surface area contributed by atoms with Gasteiger partial charge in [0.05, 0.1) is 6.61 Å². The number of unbranched alkanes of at least 4 members (excludes halogenated alkanes) is 1. The Balaban J connectivity index is 2.04. The molecule has 0 amide bonds. The molecular formula is C14H22N6O4. The molecule has 24 heavy (non-hydrogen) atoms. The summed E-state index contributed by atoms with van der Waals surface area (Å²) < 4.78 is 7.24. The maximum absolute atomic E-state index is 10.3. The summed E-state index contributed by atoms with van der Waals surface area (Å²) in [6, 6.07) is 0. The summed E-state index contributed by atoms with van der Waals surface area (Å²) in [5.74, 6) is 0.839. The largest absolute Gasteiger partial charge is 0.394 e. The van der Waals surface area contributed by atoms with Gasteiger partial charge < -0.3 is 31.5 Å². The first-order valence-electron chi connectivity index (χ1n) is 7.88. The van der Waals surface area contributed by atoms with Crippen molar-refractivity contribution in [3.63, 3.8) is 0 Å². The van der Waals surface area contributed by atoms with E-state index in [4.69, 9.17) is 16.2 Å². The number of ether oxygens (including phenoxy) is 1. The maximum Gasteiger partial charge on any atom is 0.167 e. The van der Waals surface area contributed by atoms with Crippen LogP contribution in [-0.2, 0) is 11.2 Å². The van der Waals surface area contributed by atoms with Crippen molar-refractivity contribution in [2.75, 3.05) is 18.9 Å². The van der Waals surface area contributed by atoms with Gasteiger partial charge in [0.15, 0.2) is 23.2 Å². The van der Waals surface area contributed by atoms with E-state index in [0.29, 0.717) is 30.0 Å². The lowest BCUT2D eigenvalue weighted by Crippen LogP contribution is -2.33. The van der Waals surface area contributed by atoms with Gasteiger partial charge in [-0.2, -0.15) is 0 Å². The summed E-state index contributed by atoms with van der Waals surface area (Å²) in [5.41, 5.74) is 12.2. The van der Waals surface area contributed by atoms with Gasteiger partial charge in [-0.05, 0) is 19.4 Å². The van der Waals surface area contributed by atoms with E-state index in [-0.39, 0.29) is 5.82 Å². The first-order chi connectivity index (χ1) is 11.6. The van der Waals surface area contributed by atoms with Crippen LogP contribution in [0.25, 0.3) is 11.2 Å². The van der Waals surface area contributed by atoms with Crippen LogP contribution in [0.15, 0.2) is 6.33 Å². The molecule has 2 unspecified atom stereocenters. The number of hydrogen-bond acceptors (Lipinski definition) is 9. The monoisotopic (exact) mass is 338 g/mol. The first-order valence-corrected chi connectivity index (χ1v) is 7.88. The van der Waals surface area contributed by atoms with E-state index in [1.54, 1.807) is 4.57 Å². The number of aryl methyl sites for hydroxylation is 1. The molecule has 132 valence electrons. The molecule has 4 atom stereocenters. The Labute approximate surface area is 138 Å². The lowest BCUT2D eigenvalue weighted by atomic mass is 10.1. The number of fused-ring (bicyclic) bond motifs is 1. The number of nitrogen functional groups attached to an aromatic ring is 1. The van der Waals surface area contributed by atoms with E-state index < -0.39 is 31.1 Å². The standard InChI is InChI=1S/C14H22N6O4/c15-4-2-1-3-8-19-9-12(16)17-6-18-13(9)20(8)14-11(23)10(22)7(5-21)24-14/h6-7,10-11,14,21-23H,1-5,15H2,(H2,16,17,18)/t7-,10?,11?,14-/m1/s1. The molecule has 10 heteroatoms. The van der Waals surface area contributed by atoms with Crippen molar-refractivity contribution in [1.82, 2.24) is 19.5 Å². The molecule has 1 saturated heterocycles. The van der Waals surface area contributed by atoms with Crippen LogP contribution in [0.3, 0.4) is 0 Å². The van der Waals surface area contributed by atoms with Gasteiger partial charge in [-0.25, -0.2) is 15.0 Å². The Morgan fingerprint density at radius 3 is 2.67 bits per heavy atom. The van der Waals surface area contributed by atoms with Crippen molar-refractivity contribution in [3.8, 4) is 0 Å². The van der Waals surface area contributed by atoms with Crippen molar-refractivity contribution in [2.45, 2.75) is 43.8 Å². The SMILES string of the molecule is NCCCCc1nc2c(N)ncnc2n1[C@@H]1O[C@H](CO)C(O)C1O. The van der Waals surface area contributed by atoms with Crippen molar-refractivity contribution < 1.29 is 20.1 Å². The fourth-order valence-electron chi connectivity index (χ4n) is 2.94. The van der Waals surface area contributed by atoms with E-state index >= 15 is 0 Å². The van der Waals surface area contributed by atoms with Crippen molar-refractivity contribution >= 4 is 17.0 Å². The predicted octanol–water partition coefficient (Wildman–Crippen LogP) is -1.70. The molecule has 1 aliphatic rings. The summed E-state index contributed by atoms with van der Waals surface area (Å²) in [6.45, 7) is 0.164. The summed E-state index contributed by atoms with van der Waals surface area (Å²) in [4.78, 5) is 12.6. The van der Waals surface area contributed by atoms with Crippen molar-refractivity contribution in [2.24, 2.45) is 5.73 Å². The molecule has 10 nitrogen and oxygen atoms in total. The molecule has 0 aromatic carbocycles. The average Bonchev–Trinajstić information content (AvgIpc) is 3.07. The van der Waals surface area contributed by atoms with Crippen LogP contribution >= 0.6 is 0 Å². The number of nitrogens with zero attached hydrogens (tertiary/aromatic N) is 4. The number of rotatable bonds is 6. The highest BCUT2D eigenvalue weighted by Gasteiger charge is 2.44.